The third-order valence-electron chi connectivity index (χ3n) is 3.63. The topological polar surface area (TPSA) is 135 Å². The quantitative estimate of drug-likeness (QED) is 0.296. The molecule has 0 spiro atoms. The number of aliphatic imine (C=N–C) groups is 1. The van der Waals surface area contributed by atoms with Gasteiger partial charge in [-0.05, 0) is 44.8 Å². The first-order chi connectivity index (χ1) is 13.2. The van der Waals surface area contributed by atoms with Crippen LogP contribution in [0.25, 0.3) is 0 Å². The minimum atomic E-state index is -1.48. The van der Waals surface area contributed by atoms with Crippen molar-refractivity contribution in [1.82, 2.24) is 10.6 Å². The Morgan fingerprint density at radius 1 is 1.46 bits per heavy atom. The number of hydrogen-bond donors (Lipinski definition) is 4. The molecule has 0 aliphatic heterocycles. The van der Waals surface area contributed by atoms with Gasteiger partial charge >= 0.3 is 0 Å². The van der Waals surface area contributed by atoms with E-state index < -0.39 is 24.0 Å². The van der Waals surface area contributed by atoms with Crippen molar-refractivity contribution >= 4 is 30.1 Å². The Bertz CT molecular complexity index is 873. The highest BCUT2D eigenvalue weighted by Gasteiger charge is 2.26. The van der Waals surface area contributed by atoms with Crippen LogP contribution in [-0.2, 0) is 16.0 Å². The molecule has 0 aliphatic rings. The van der Waals surface area contributed by atoms with Crippen molar-refractivity contribution in [2.75, 3.05) is 6.61 Å². The monoisotopic (exact) mass is 404 g/mol. The molecule has 1 rings (SSSR count). The summed E-state index contributed by atoms with van der Waals surface area (Å²) in [4.78, 5) is 28.1. The van der Waals surface area contributed by atoms with E-state index in [-0.39, 0.29) is 23.6 Å². The van der Waals surface area contributed by atoms with Gasteiger partial charge in [0.05, 0.1) is 19.1 Å². The molecule has 0 bridgehead atoms. The van der Waals surface area contributed by atoms with E-state index >= 15 is 0 Å². The number of aromatic hydroxyl groups is 1. The zero-order valence-electron chi connectivity index (χ0n) is 15.5. The molecular formula is C19H21ClN4O4. The normalized spacial score (nSPS) is 13.8. The fourth-order valence-electron chi connectivity index (χ4n) is 2.01. The van der Waals surface area contributed by atoms with Crippen LogP contribution < -0.4 is 10.6 Å². The van der Waals surface area contributed by atoms with Gasteiger partial charge in [-0.15, -0.1) is 0 Å². The SMILES string of the molecule is C=N/C(=C\C(=C/C)NC(=O)Cc1cc(Cl)ccc1O)C(=O)NC(C)(C#N)CO. The van der Waals surface area contributed by atoms with E-state index in [2.05, 4.69) is 22.3 Å². The molecular weight excluding hydrogens is 384 g/mol. The van der Waals surface area contributed by atoms with Crippen LogP contribution in [-0.4, -0.2) is 40.9 Å². The first kappa shape index (κ1) is 22.9. The Hall–Kier alpha value is -3.15. The molecule has 1 unspecified atom stereocenters. The van der Waals surface area contributed by atoms with Crippen LogP contribution in [0.1, 0.15) is 19.4 Å². The van der Waals surface area contributed by atoms with Gasteiger partial charge in [0.1, 0.15) is 17.0 Å². The van der Waals surface area contributed by atoms with Gasteiger partial charge in [0.2, 0.25) is 5.91 Å². The molecule has 0 saturated heterocycles. The molecule has 0 radical (unpaired) electrons. The lowest BCUT2D eigenvalue weighted by atomic mass is 10.1. The van der Waals surface area contributed by atoms with Gasteiger partial charge < -0.3 is 20.8 Å². The number of benzene rings is 1. The van der Waals surface area contributed by atoms with E-state index in [0.29, 0.717) is 10.6 Å². The maximum atomic E-state index is 12.3. The molecule has 1 aromatic carbocycles. The number of phenols is 1. The van der Waals surface area contributed by atoms with Crippen molar-refractivity contribution in [2.45, 2.75) is 25.8 Å². The predicted molar refractivity (Wildman–Crippen MR) is 106 cm³/mol. The predicted octanol–water partition coefficient (Wildman–Crippen LogP) is 1.58. The van der Waals surface area contributed by atoms with Gasteiger partial charge in [0.25, 0.3) is 5.91 Å². The highest BCUT2D eigenvalue weighted by atomic mass is 35.5. The number of rotatable bonds is 8. The summed E-state index contributed by atoms with van der Waals surface area (Å²) in [5, 5.41) is 33.3. The molecule has 148 valence electrons. The third kappa shape index (κ3) is 6.54. The molecule has 4 N–H and O–H groups in total. The Morgan fingerprint density at radius 2 is 2.14 bits per heavy atom. The summed E-state index contributed by atoms with van der Waals surface area (Å²) in [7, 11) is 0. The lowest BCUT2D eigenvalue weighted by molar-refractivity contribution is -0.120. The number of halogens is 1. The number of aliphatic hydroxyl groups excluding tert-OH is 1. The number of amides is 2. The summed E-state index contributed by atoms with van der Waals surface area (Å²) in [6.07, 6.45) is 2.66. The molecule has 8 nitrogen and oxygen atoms in total. The number of allylic oxidation sites excluding steroid dienone is 2. The van der Waals surface area contributed by atoms with E-state index in [0.717, 1.165) is 0 Å². The van der Waals surface area contributed by atoms with Gasteiger partial charge in [-0.2, -0.15) is 5.26 Å². The molecule has 1 aromatic rings. The summed E-state index contributed by atoms with van der Waals surface area (Å²) in [5.41, 5.74) is -1.04. The van der Waals surface area contributed by atoms with Gasteiger partial charge in [-0.1, -0.05) is 17.7 Å². The number of carbonyl (C=O) groups excluding carboxylic acids is 2. The van der Waals surface area contributed by atoms with Crippen molar-refractivity contribution in [3.63, 3.8) is 0 Å². The van der Waals surface area contributed by atoms with E-state index in [1.807, 2.05) is 0 Å². The summed E-state index contributed by atoms with van der Waals surface area (Å²) in [5.74, 6) is -1.26. The maximum absolute atomic E-state index is 12.3. The minimum Gasteiger partial charge on any atom is -0.508 e. The molecule has 1 atom stereocenters. The fourth-order valence-corrected chi connectivity index (χ4v) is 2.21. The van der Waals surface area contributed by atoms with Crippen LogP contribution in [0.15, 0.2) is 46.7 Å². The summed E-state index contributed by atoms with van der Waals surface area (Å²) in [6.45, 7) is 5.70. The molecule has 0 aromatic heterocycles. The van der Waals surface area contributed by atoms with Crippen molar-refractivity contribution in [3.8, 4) is 11.8 Å². The Kier molecular flexibility index (Phi) is 8.38. The smallest absolute Gasteiger partial charge is 0.271 e. The van der Waals surface area contributed by atoms with Crippen molar-refractivity contribution in [2.24, 2.45) is 4.99 Å². The number of nitrogens with zero attached hydrogens (tertiary/aromatic N) is 2. The Labute approximate surface area is 167 Å². The standard InChI is InChI=1S/C19H21ClN4O4/c1-4-14(9-15(22-3)18(28)24-19(2,10-21)11-25)23-17(27)8-12-7-13(20)5-6-16(12)26/h4-7,9,25-26H,3,8,11H2,1-2H3,(H,23,27)(H,24,28)/b14-4+,15-9-. The molecule has 9 heteroatoms. The van der Waals surface area contributed by atoms with E-state index in [9.17, 15) is 19.8 Å². The van der Waals surface area contributed by atoms with Gasteiger partial charge in [0.15, 0.2) is 0 Å². The van der Waals surface area contributed by atoms with E-state index in [1.54, 1.807) is 13.0 Å². The molecule has 28 heavy (non-hydrogen) atoms. The molecule has 0 aliphatic carbocycles. The first-order valence-electron chi connectivity index (χ1n) is 8.14. The number of aliphatic hydroxyl groups is 1. The van der Waals surface area contributed by atoms with Gasteiger partial charge in [-0.25, -0.2) is 0 Å². The van der Waals surface area contributed by atoms with Crippen LogP contribution in [0.4, 0.5) is 0 Å². The Balaban J connectivity index is 2.92. The number of phenolic OH excluding ortho intramolecular Hbond substituents is 1. The summed E-state index contributed by atoms with van der Waals surface area (Å²) >= 11 is 5.86. The lowest BCUT2D eigenvalue weighted by Crippen LogP contribution is -2.48. The molecule has 0 fully saturated rings. The second-order valence-corrected chi connectivity index (χ2v) is 6.42. The van der Waals surface area contributed by atoms with Crippen LogP contribution in [0, 0.1) is 11.3 Å². The lowest BCUT2D eigenvalue weighted by Gasteiger charge is -2.20. The Morgan fingerprint density at radius 3 is 2.68 bits per heavy atom. The molecule has 0 heterocycles. The van der Waals surface area contributed by atoms with Crippen LogP contribution in [0.2, 0.25) is 5.02 Å². The second kappa shape index (κ2) is 10.3. The van der Waals surface area contributed by atoms with Crippen molar-refractivity contribution in [1.29, 1.82) is 5.26 Å². The molecule has 2 amide bonds. The summed E-state index contributed by atoms with van der Waals surface area (Å²) in [6, 6.07) is 6.15. The second-order valence-electron chi connectivity index (χ2n) is 5.99. The van der Waals surface area contributed by atoms with E-state index in [4.69, 9.17) is 16.9 Å². The van der Waals surface area contributed by atoms with Gasteiger partial charge in [-0.3, -0.25) is 14.6 Å². The van der Waals surface area contributed by atoms with E-state index in [1.165, 1.54) is 37.3 Å². The van der Waals surface area contributed by atoms with Crippen LogP contribution >= 0.6 is 11.6 Å². The van der Waals surface area contributed by atoms with Crippen LogP contribution in [0.3, 0.4) is 0 Å². The number of nitriles is 1. The highest BCUT2D eigenvalue weighted by molar-refractivity contribution is 6.30. The van der Waals surface area contributed by atoms with Crippen molar-refractivity contribution < 1.29 is 19.8 Å². The largest absolute Gasteiger partial charge is 0.508 e. The first-order valence-corrected chi connectivity index (χ1v) is 8.52. The zero-order chi connectivity index (χ0) is 21.3. The molecule has 0 saturated carbocycles. The van der Waals surface area contributed by atoms with Gasteiger partial charge in [0, 0.05) is 16.3 Å². The highest BCUT2D eigenvalue weighted by Crippen LogP contribution is 2.22. The minimum absolute atomic E-state index is 0.0651. The fraction of sp³-hybridized carbons (Fsp3) is 0.263. The third-order valence-corrected chi connectivity index (χ3v) is 3.87. The average molecular weight is 405 g/mol. The van der Waals surface area contributed by atoms with Crippen LogP contribution in [0.5, 0.6) is 5.75 Å². The maximum Gasteiger partial charge on any atom is 0.271 e. The van der Waals surface area contributed by atoms with Crippen molar-refractivity contribution in [3.05, 3.63) is 52.3 Å². The average Bonchev–Trinajstić information content (AvgIpc) is 2.67. The number of carbonyl (C=O) groups is 2. The number of hydrogen-bond acceptors (Lipinski definition) is 6. The summed E-state index contributed by atoms with van der Waals surface area (Å²) < 4.78 is 0. The number of nitrogens with one attached hydrogen (secondary N) is 2. The zero-order valence-corrected chi connectivity index (χ0v) is 16.2.